The first-order valence-corrected chi connectivity index (χ1v) is 14.1. The van der Waals surface area contributed by atoms with Gasteiger partial charge in [0.25, 0.3) is 5.78 Å². The lowest BCUT2D eigenvalue weighted by Crippen LogP contribution is -2.29. The number of Topliss-reactive ketones (excluding diaryl/α,β-unsaturated/α-hetero) is 1. The summed E-state index contributed by atoms with van der Waals surface area (Å²) in [5, 5.41) is 20.3. The third-order valence-corrected chi connectivity index (χ3v) is 8.74. The van der Waals surface area contributed by atoms with Crippen LogP contribution in [-0.4, -0.2) is 27.0 Å². The molecule has 1 fully saturated rings. The topological polar surface area (TPSA) is 83.4 Å². The van der Waals surface area contributed by atoms with Crippen molar-refractivity contribution in [3.8, 4) is 0 Å². The minimum absolute atomic E-state index is 0.0368. The van der Waals surface area contributed by atoms with Crippen LogP contribution in [0.5, 0.6) is 0 Å². The number of hydrogen-bond acceptors (Lipinski definition) is 7. The Hall–Kier alpha value is -3.27. The monoisotopic (exact) mass is 591 g/mol. The molecular formula is C28H22BrN3O3S2. The van der Waals surface area contributed by atoms with E-state index in [0.717, 1.165) is 21.2 Å². The molecule has 0 spiro atoms. The second kappa shape index (κ2) is 10.6. The lowest BCUT2D eigenvalue weighted by Gasteiger charge is -2.22. The Balaban J connectivity index is 1.58. The number of thioether (sulfide) groups is 1. The van der Waals surface area contributed by atoms with Gasteiger partial charge in [0.05, 0.1) is 11.6 Å². The van der Waals surface area contributed by atoms with Gasteiger partial charge in [0, 0.05) is 15.8 Å². The predicted octanol–water partition coefficient (Wildman–Crippen LogP) is 6.84. The van der Waals surface area contributed by atoms with Gasteiger partial charge < -0.3 is 5.11 Å². The Labute approximate surface area is 231 Å². The molecule has 6 nitrogen and oxygen atoms in total. The van der Waals surface area contributed by atoms with Crippen LogP contribution >= 0.6 is 39.0 Å². The van der Waals surface area contributed by atoms with Crippen LogP contribution in [0.3, 0.4) is 0 Å². The average Bonchev–Trinajstić information content (AvgIpc) is 3.47. The van der Waals surface area contributed by atoms with E-state index in [-0.39, 0.29) is 11.3 Å². The van der Waals surface area contributed by atoms with Gasteiger partial charge in [-0.25, -0.2) is 0 Å². The number of rotatable bonds is 6. The van der Waals surface area contributed by atoms with Gasteiger partial charge >= 0.3 is 5.91 Å². The van der Waals surface area contributed by atoms with Crippen molar-refractivity contribution >= 4 is 61.6 Å². The SMILES string of the molecule is Cc1ccc(C)c(/C(O)=C2\C(=O)C(=O)N(c3nnc(SCc4ccccc4)s3)C2c2ccc(Br)cc2)c1. The molecule has 1 unspecified atom stereocenters. The molecule has 2 heterocycles. The maximum Gasteiger partial charge on any atom is 0.301 e. The number of aryl methyl sites for hydroxylation is 2. The molecule has 1 atom stereocenters. The lowest BCUT2D eigenvalue weighted by atomic mass is 9.93. The maximum atomic E-state index is 13.4. The van der Waals surface area contributed by atoms with Gasteiger partial charge in [-0.15, -0.1) is 10.2 Å². The summed E-state index contributed by atoms with van der Waals surface area (Å²) in [4.78, 5) is 28.2. The summed E-state index contributed by atoms with van der Waals surface area (Å²) in [6.07, 6.45) is 0. The first-order valence-electron chi connectivity index (χ1n) is 11.5. The largest absolute Gasteiger partial charge is 0.507 e. The number of carbonyl (C=O) groups excluding carboxylic acids is 2. The number of aliphatic hydroxyl groups is 1. The molecule has 0 radical (unpaired) electrons. The standard InChI is InChI=1S/C28H22BrN3O3S2/c1-16-8-9-17(2)21(14-16)24(33)22-23(19-10-12-20(29)13-11-19)32(26(35)25(22)34)27-30-31-28(37-27)36-15-18-6-4-3-5-7-18/h3-14,23,33H,15H2,1-2H3/b24-22+. The third-order valence-electron chi connectivity index (χ3n) is 6.09. The van der Waals surface area contributed by atoms with Crippen LogP contribution in [0.15, 0.2) is 87.2 Å². The van der Waals surface area contributed by atoms with E-state index in [9.17, 15) is 14.7 Å². The summed E-state index contributed by atoms with van der Waals surface area (Å²) in [6, 6.07) is 22.1. The summed E-state index contributed by atoms with van der Waals surface area (Å²) < 4.78 is 1.54. The van der Waals surface area contributed by atoms with E-state index in [2.05, 4.69) is 26.1 Å². The number of benzene rings is 3. The van der Waals surface area contributed by atoms with Crippen LogP contribution < -0.4 is 4.90 Å². The highest BCUT2D eigenvalue weighted by molar-refractivity contribution is 9.10. The molecule has 0 aliphatic carbocycles. The number of halogens is 1. The zero-order chi connectivity index (χ0) is 26.1. The van der Waals surface area contributed by atoms with Crippen molar-refractivity contribution in [1.82, 2.24) is 10.2 Å². The molecule has 1 N–H and O–H groups in total. The van der Waals surface area contributed by atoms with E-state index in [4.69, 9.17) is 0 Å². The Bertz CT molecular complexity index is 1520. The minimum atomic E-state index is -0.840. The molecular weight excluding hydrogens is 570 g/mol. The Morgan fingerprint density at radius 1 is 1.03 bits per heavy atom. The van der Waals surface area contributed by atoms with Crippen LogP contribution in [0.25, 0.3) is 5.76 Å². The van der Waals surface area contributed by atoms with Crippen LogP contribution in [0.4, 0.5) is 5.13 Å². The summed E-state index contributed by atoms with van der Waals surface area (Å²) >= 11 is 6.21. The van der Waals surface area contributed by atoms with Crippen LogP contribution in [-0.2, 0) is 15.3 Å². The van der Waals surface area contributed by atoms with Gasteiger partial charge in [-0.2, -0.15) is 0 Å². The van der Waals surface area contributed by atoms with Gasteiger partial charge in [-0.1, -0.05) is 99.2 Å². The molecule has 37 heavy (non-hydrogen) atoms. The Morgan fingerprint density at radius 3 is 2.49 bits per heavy atom. The van der Waals surface area contributed by atoms with E-state index >= 15 is 0 Å². The molecule has 9 heteroatoms. The first-order chi connectivity index (χ1) is 17.8. The summed E-state index contributed by atoms with van der Waals surface area (Å²) in [5.41, 5.74) is 4.13. The molecule has 186 valence electrons. The van der Waals surface area contributed by atoms with Gasteiger partial charge in [0.1, 0.15) is 5.76 Å². The van der Waals surface area contributed by atoms with Gasteiger partial charge in [0.2, 0.25) is 5.13 Å². The van der Waals surface area contributed by atoms with Crippen molar-refractivity contribution in [2.24, 2.45) is 0 Å². The number of amides is 1. The van der Waals surface area contributed by atoms with E-state index in [1.54, 1.807) is 0 Å². The lowest BCUT2D eigenvalue weighted by molar-refractivity contribution is -0.132. The minimum Gasteiger partial charge on any atom is -0.507 e. The molecule has 0 saturated carbocycles. The smallest absolute Gasteiger partial charge is 0.301 e. The second-order valence-corrected chi connectivity index (χ2v) is 11.8. The number of hydrogen-bond donors (Lipinski definition) is 1. The van der Waals surface area contributed by atoms with E-state index in [0.29, 0.717) is 26.4 Å². The van der Waals surface area contributed by atoms with E-state index < -0.39 is 17.7 Å². The highest BCUT2D eigenvalue weighted by Gasteiger charge is 2.48. The van der Waals surface area contributed by atoms with Gasteiger partial charge in [-0.3, -0.25) is 14.5 Å². The van der Waals surface area contributed by atoms with Gasteiger partial charge in [-0.05, 0) is 48.7 Å². The molecule has 3 aromatic carbocycles. The first kappa shape index (κ1) is 25.4. The number of ketones is 1. The maximum absolute atomic E-state index is 13.4. The van der Waals surface area contributed by atoms with E-state index in [1.807, 2.05) is 86.6 Å². The molecule has 4 aromatic rings. The van der Waals surface area contributed by atoms with Crippen molar-refractivity contribution in [2.75, 3.05) is 4.90 Å². The summed E-state index contributed by atoms with van der Waals surface area (Å²) in [5.74, 6) is -0.981. The zero-order valence-electron chi connectivity index (χ0n) is 20.0. The molecule has 0 bridgehead atoms. The highest BCUT2D eigenvalue weighted by atomic mass is 79.9. The molecule has 1 aliphatic rings. The highest BCUT2D eigenvalue weighted by Crippen LogP contribution is 2.44. The summed E-state index contributed by atoms with van der Waals surface area (Å²) in [6.45, 7) is 3.77. The molecule has 1 amide bonds. The molecule has 5 rings (SSSR count). The summed E-state index contributed by atoms with van der Waals surface area (Å²) in [7, 11) is 0. The fourth-order valence-corrected chi connectivity index (χ4v) is 6.29. The molecule has 1 aromatic heterocycles. The van der Waals surface area contributed by atoms with Crippen molar-refractivity contribution in [1.29, 1.82) is 0 Å². The Morgan fingerprint density at radius 2 is 1.76 bits per heavy atom. The number of carbonyl (C=O) groups is 2. The Kier molecular flexibility index (Phi) is 7.28. The normalized spacial score (nSPS) is 16.9. The van der Waals surface area contributed by atoms with Crippen LogP contribution in [0, 0.1) is 13.8 Å². The van der Waals surface area contributed by atoms with Crippen molar-refractivity contribution < 1.29 is 14.7 Å². The number of aromatic nitrogens is 2. The number of anilines is 1. The zero-order valence-corrected chi connectivity index (χ0v) is 23.2. The number of aliphatic hydroxyl groups excluding tert-OH is 1. The third kappa shape index (κ3) is 5.12. The van der Waals surface area contributed by atoms with Crippen molar-refractivity contribution in [3.63, 3.8) is 0 Å². The van der Waals surface area contributed by atoms with Crippen molar-refractivity contribution in [3.05, 3.63) is 111 Å². The molecule has 1 aliphatic heterocycles. The second-order valence-electron chi connectivity index (χ2n) is 8.66. The van der Waals surface area contributed by atoms with Gasteiger partial charge in [0.15, 0.2) is 4.34 Å². The number of nitrogens with zero attached hydrogens (tertiary/aromatic N) is 3. The van der Waals surface area contributed by atoms with Crippen molar-refractivity contribution in [2.45, 2.75) is 30.0 Å². The fraction of sp³-hybridized carbons (Fsp3) is 0.143. The molecule has 1 saturated heterocycles. The fourth-order valence-electron chi connectivity index (χ4n) is 4.20. The van der Waals surface area contributed by atoms with Crippen LogP contribution in [0.2, 0.25) is 0 Å². The average molecular weight is 593 g/mol. The predicted molar refractivity (Wildman–Crippen MR) is 151 cm³/mol. The van der Waals surface area contributed by atoms with Crippen LogP contribution in [0.1, 0.15) is 33.9 Å². The van der Waals surface area contributed by atoms with E-state index in [1.165, 1.54) is 28.0 Å². The quantitative estimate of drug-likeness (QED) is 0.0869.